The molecule has 0 spiro atoms. The van der Waals surface area contributed by atoms with E-state index in [1.165, 1.54) is 23.0 Å². The van der Waals surface area contributed by atoms with Crippen LogP contribution in [-0.4, -0.2) is 14.3 Å². The van der Waals surface area contributed by atoms with Gasteiger partial charge in [0.15, 0.2) is 5.76 Å². The van der Waals surface area contributed by atoms with Gasteiger partial charge in [-0.25, -0.2) is 4.79 Å². The molecule has 0 aromatic carbocycles. The summed E-state index contributed by atoms with van der Waals surface area (Å²) in [5.41, 5.74) is -0.658. The van der Waals surface area contributed by atoms with Gasteiger partial charge in [-0.05, 0) is 6.42 Å². The van der Waals surface area contributed by atoms with E-state index in [1.807, 2.05) is 6.92 Å². The maximum absolute atomic E-state index is 12.0. The van der Waals surface area contributed by atoms with Crippen molar-refractivity contribution in [2.24, 2.45) is 0 Å². The van der Waals surface area contributed by atoms with Gasteiger partial charge in [-0.1, -0.05) is 12.1 Å². The van der Waals surface area contributed by atoms with Crippen molar-refractivity contribution in [1.82, 2.24) is 14.3 Å². The van der Waals surface area contributed by atoms with Crippen LogP contribution in [-0.2, 0) is 13.1 Å². The van der Waals surface area contributed by atoms with E-state index >= 15 is 0 Å². The summed E-state index contributed by atoms with van der Waals surface area (Å²) < 4.78 is 7.54. The maximum atomic E-state index is 12.0. The van der Waals surface area contributed by atoms with E-state index in [-0.39, 0.29) is 17.8 Å². The van der Waals surface area contributed by atoms with Crippen LogP contribution in [0.2, 0.25) is 0 Å². The van der Waals surface area contributed by atoms with Crippen molar-refractivity contribution in [1.29, 1.82) is 0 Å². The third kappa shape index (κ3) is 2.35. The van der Waals surface area contributed by atoms with Crippen LogP contribution in [0.4, 0.5) is 0 Å². The molecule has 6 nitrogen and oxygen atoms in total. The SMILES string of the molecule is CCCn1ccc(=O)n(Cc2ccno2)c1=O. The van der Waals surface area contributed by atoms with Gasteiger partial charge in [-0.2, -0.15) is 0 Å². The zero-order chi connectivity index (χ0) is 12.3. The molecule has 0 atom stereocenters. The van der Waals surface area contributed by atoms with Gasteiger partial charge in [0.1, 0.15) is 0 Å². The second-order valence-corrected chi connectivity index (χ2v) is 3.69. The van der Waals surface area contributed by atoms with Gasteiger partial charge in [0.2, 0.25) is 0 Å². The highest BCUT2D eigenvalue weighted by atomic mass is 16.5. The van der Waals surface area contributed by atoms with Gasteiger partial charge in [0.25, 0.3) is 5.56 Å². The molecular formula is C11H13N3O3. The largest absolute Gasteiger partial charge is 0.359 e. The molecule has 0 unspecified atom stereocenters. The van der Waals surface area contributed by atoms with Crippen molar-refractivity contribution in [3.63, 3.8) is 0 Å². The molecule has 0 aliphatic carbocycles. The molecule has 2 heterocycles. The monoisotopic (exact) mass is 235 g/mol. The Hall–Kier alpha value is -2.11. The Morgan fingerprint density at radius 3 is 2.82 bits per heavy atom. The first-order valence-corrected chi connectivity index (χ1v) is 5.42. The lowest BCUT2D eigenvalue weighted by atomic mass is 10.4. The van der Waals surface area contributed by atoms with Crippen molar-refractivity contribution < 1.29 is 4.52 Å². The van der Waals surface area contributed by atoms with Gasteiger partial charge in [-0.3, -0.25) is 9.36 Å². The van der Waals surface area contributed by atoms with Gasteiger partial charge in [0, 0.05) is 24.9 Å². The van der Waals surface area contributed by atoms with Crippen molar-refractivity contribution >= 4 is 0 Å². The average molecular weight is 235 g/mol. The van der Waals surface area contributed by atoms with Crippen molar-refractivity contribution in [2.45, 2.75) is 26.4 Å². The summed E-state index contributed by atoms with van der Waals surface area (Å²) in [6.45, 7) is 2.68. The zero-order valence-corrected chi connectivity index (χ0v) is 9.50. The lowest BCUT2D eigenvalue weighted by molar-refractivity contribution is 0.370. The maximum Gasteiger partial charge on any atom is 0.331 e. The molecule has 6 heteroatoms. The highest BCUT2D eigenvalue weighted by Crippen LogP contribution is 1.96. The molecule has 0 fully saturated rings. The molecule has 2 aromatic rings. The summed E-state index contributed by atoms with van der Waals surface area (Å²) in [6, 6.07) is 3.01. The standard InChI is InChI=1S/C11H13N3O3/c1-2-6-13-7-4-10(15)14(11(13)16)8-9-3-5-12-17-9/h3-5,7H,2,6,8H2,1H3. The molecule has 0 saturated carbocycles. The highest BCUT2D eigenvalue weighted by Gasteiger charge is 2.07. The van der Waals surface area contributed by atoms with E-state index in [0.29, 0.717) is 12.3 Å². The number of aryl methyl sites for hydroxylation is 1. The van der Waals surface area contributed by atoms with Crippen LogP contribution in [0.25, 0.3) is 0 Å². The van der Waals surface area contributed by atoms with E-state index in [2.05, 4.69) is 5.16 Å². The number of nitrogens with zero attached hydrogens (tertiary/aromatic N) is 3. The summed E-state index contributed by atoms with van der Waals surface area (Å²) >= 11 is 0. The quantitative estimate of drug-likeness (QED) is 0.771. The lowest BCUT2D eigenvalue weighted by Gasteiger charge is -2.07. The molecule has 2 aromatic heterocycles. The Balaban J connectivity index is 2.42. The fourth-order valence-electron chi connectivity index (χ4n) is 1.59. The number of hydrogen-bond acceptors (Lipinski definition) is 4. The lowest BCUT2D eigenvalue weighted by Crippen LogP contribution is -2.39. The Kier molecular flexibility index (Phi) is 3.22. The number of hydrogen-bond donors (Lipinski definition) is 0. The van der Waals surface area contributed by atoms with Gasteiger partial charge in [0.05, 0.1) is 12.7 Å². The van der Waals surface area contributed by atoms with E-state index in [1.54, 1.807) is 6.07 Å². The predicted molar refractivity (Wildman–Crippen MR) is 60.9 cm³/mol. The zero-order valence-electron chi connectivity index (χ0n) is 9.50. The van der Waals surface area contributed by atoms with Crippen LogP contribution >= 0.6 is 0 Å². The van der Waals surface area contributed by atoms with Crippen LogP contribution in [0, 0.1) is 0 Å². The molecule has 2 rings (SSSR count). The van der Waals surface area contributed by atoms with Gasteiger partial charge >= 0.3 is 5.69 Å². The fraction of sp³-hybridized carbons (Fsp3) is 0.364. The van der Waals surface area contributed by atoms with E-state index < -0.39 is 0 Å². The molecule has 17 heavy (non-hydrogen) atoms. The van der Waals surface area contributed by atoms with Crippen LogP contribution in [0.3, 0.4) is 0 Å². The Morgan fingerprint density at radius 2 is 2.18 bits per heavy atom. The molecule has 0 aliphatic rings. The Labute approximate surface area is 97.1 Å². The predicted octanol–water partition coefficient (Wildman–Crippen LogP) is 0.456. The molecule has 0 N–H and O–H groups in total. The summed E-state index contributed by atoms with van der Waals surface area (Å²) in [7, 11) is 0. The molecule has 0 radical (unpaired) electrons. The average Bonchev–Trinajstić information content (AvgIpc) is 2.81. The van der Waals surface area contributed by atoms with Crippen LogP contribution in [0.15, 0.2) is 38.6 Å². The van der Waals surface area contributed by atoms with Gasteiger partial charge < -0.3 is 9.09 Å². The smallest absolute Gasteiger partial charge is 0.331 e. The third-order valence-electron chi connectivity index (χ3n) is 2.41. The topological polar surface area (TPSA) is 70.0 Å². The first-order chi connectivity index (χ1) is 8.22. The van der Waals surface area contributed by atoms with Crippen LogP contribution in [0.5, 0.6) is 0 Å². The fourth-order valence-corrected chi connectivity index (χ4v) is 1.59. The van der Waals surface area contributed by atoms with Crippen molar-refractivity contribution in [3.8, 4) is 0 Å². The molecule has 0 amide bonds. The number of aromatic nitrogens is 3. The Morgan fingerprint density at radius 1 is 1.35 bits per heavy atom. The summed E-state index contributed by atoms with van der Waals surface area (Å²) in [6.07, 6.45) is 3.83. The second kappa shape index (κ2) is 4.82. The van der Waals surface area contributed by atoms with Crippen molar-refractivity contribution in [3.05, 3.63) is 51.1 Å². The van der Waals surface area contributed by atoms with Crippen molar-refractivity contribution in [2.75, 3.05) is 0 Å². The van der Waals surface area contributed by atoms with E-state index in [0.717, 1.165) is 11.0 Å². The molecule has 0 saturated heterocycles. The second-order valence-electron chi connectivity index (χ2n) is 3.69. The normalized spacial score (nSPS) is 10.6. The summed E-state index contributed by atoms with van der Waals surface area (Å²) in [5.74, 6) is 0.485. The molecule has 90 valence electrons. The third-order valence-corrected chi connectivity index (χ3v) is 2.41. The first-order valence-electron chi connectivity index (χ1n) is 5.42. The van der Waals surface area contributed by atoms with Crippen LogP contribution < -0.4 is 11.2 Å². The minimum atomic E-state index is -0.334. The van der Waals surface area contributed by atoms with E-state index in [4.69, 9.17) is 4.52 Å². The number of rotatable bonds is 4. The van der Waals surface area contributed by atoms with E-state index in [9.17, 15) is 9.59 Å². The molecule has 0 bridgehead atoms. The van der Waals surface area contributed by atoms with Gasteiger partial charge in [-0.15, -0.1) is 0 Å². The molecule has 0 aliphatic heterocycles. The Bertz CT molecular complexity index is 595. The van der Waals surface area contributed by atoms with Crippen LogP contribution in [0.1, 0.15) is 19.1 Å². The highest BCUT2D eigenvalue weighted by molar-refractivity contribution is 4.96. The summed E-state index contributed by atoms with van der Waals surface area (Å²) in [5, 5.41) is 3.54. The summed E-state index contributed by atoms with van der Waals surface area (Å²) in [4.78, 5) is 23.6. The molecular weight excluding hydrogens is 222 g/mol. The minimum Gasteiger partial charge on any atom is -0.359 e. The first kappa shape index (κ1) is 11.4. The minimum absolute atomic E-state index is 0.113.